The number of nitrogens with zero attached hydrogens (tertiary/aromatic N) is 2. The normalized spacial score (nSPS) is 9.93. The summed E-state index contributed by atoms with van der Waals surface area (Å²) in [7, 11) is 0. The molecule has 0 atom stereocenters. The highest BCUT2D eigenvalue weighted by Gasteiger charge is 2.10. The lowest BCUT2D eigenvalue weighted by Gasteiger charge is -2.02. The molecule has 0 aromatic carbocycles. The molecular formula is C11H7FN2O. The van der Waals surface area contributed by atoms with Crippen LogP contribution in [0.2, 0.25) is 0 Å². The summed E-state index contributed by atoms with van der Waals surface area (Å²) in [5.74, 6) is -0.598. The predicted octanol–water partition coefficient (Wildman–Crippen LogP) is 2.10. The Hall–Kier alpha value is -2.10. The first-order valence-electron chi connectivity index (χ1n) is 4.33. The second kappa shape index (κ2) is 3.96. The first kappa shape index (κ1) is 9.45. The van der Waals surface area contributed by atoms with E-state index in [4.69, 9.17) is 0 Å². The molecule has 74 valence electrons. The fourth-order valence-electron chi connectivity index (χ4n) is 1.26. The van der Waals surface area contributed by atoms with E-state index in [1.165, 1.54) is 12.3 Å². The van der Waals surface area contributed by atoms with Crippen molar-refractivity contribution < 1.29 is 9.18 Å². The minimum Gasteiger partial charge on any atom is -0.298 e. The third-order valence-corrected chi connectivity index (χ3v) is 2.00. The van der Waals surface area contributed by atoms with E-state index in [-0.39, 0.29) is 11.3 Å². The van der Waals surface area contributed by atoms with Gasteiger partial charge in [-0.3, -0.25) is 14.8 Å². The molecule has 0 N–H and O–H groups in total. The summed E-state index contributed by atoms with van der Waals surface area (Å²) in [5, 5.41) is 0. The maximum atomic E-state index is 13.6. The monoisotopic (exact) mass is 202 g/mol. The first-order valence-corrected chi connectivity index (χ1v) is 4.33. The summed E-state index contributed by atoms with van der Waals surface area (Å²) in [6, 6.07) is 4.62. The van der Waals surface area contributed by atoms with Gasteiger partial charge in [-0.05, 0) is 18.2 Å². The van der Waals surface area contributed by atoms with E-state index in [9.17, 15) is 9.18 Å². The molecule has 0 aliphatic heterocycles. The zero-order valence-corrected chi connectivity index (χ0v) is 7.72. The zero-order chi connectivity index (χ0) is 10.7. The summed E-state index contributed by atoms with van der Waals surface area (Å²) in [6.07, 6.45) is 4.97. The van der Waals surface area contributed by atoms with Crippen molar-refractivity contribution >= 4 is 6.29 Å². The molecule has 15 heavy (non-hydrogen) atoms. The van der Waals surface area contributed by atoms with Gasteiger partial charge in [-0.25, -0.2) is 4.39 Å². The quantitative estimate of drug-likeness (QED) is 0.700. The van der Waals surface area contributed by atoms with Crippen LogP contribution in [0, 0.1) is 5.82 Å². The van der Waals surface area contributed by atoms with Crippen LogP contribution in [0.25, 0.3) is 11.3 Å². The summed E-state index contributed by atoms with van der Waals surface area (Å²) in [5.41, 5.74) is 0.782. The highest BCUT2D eigenvalue weighted by Crippen LogP contribution is 2.20. The topological polar surface area (TPSA) is 42.9 Å². The molecule has 2 aromatic heterocycles. The molecule has 0 radical (unpaired) electrons. The molecule has 2 aromatic rings. The second-order valence-electron chi connectivity index (χ2n) is 2.92. The number of hydrogen-bond acceptors (Lipinski definition) is 3. The van der Waals surface area contributed by atoms with Crippen molar-refractivity contribution in [3.8, 4) is 11.3 Å². The van der Waals surface area contributed by atoms with Gasteiger partial charge in [0.15, 0.2) is 12.1 Å². The number of pyridine rings is 2. The standard InChI is InChI=1S/C11H7FN2O/c12-10-9(7-15)3-6-14-11(10)8-1-4-13-5-2-8/h1-7H. The largest absolute Gasteiger partial charge is 0.298 e. The lowest BCUT2D eigenvalue weighted by molar-refractivity contribution is 0.112. The van der Waals surface area contributed by atoms with E-state index < -0.39 is 5.82 Å². The molecule has 0 fully saturated rings. The van der Waals surface area contributed by atoms with E-state index in [1.807, 2.05) is 0 Å². The van der Waals surface area contributed by atoms with Gasteiger partial charge in [-0.2, -0.15) is 0 Å². The van der Waals surface area contributed by atoms with Gasteiger partial charge in [0.05, 0.1) is 5.56 Å². The van der Waals surface area contributed by atoms with Gasteiger partial charge in [0.2, 0.25) is 0 Å². The predicted molar refractivity (Wildman–Crippen MR) is 52.8 cm³/mol. The highest BCUT2D eigenvalue weighted by atomic mass is 19.1. The van der Waals surface area contributed by atoms with Crippen LogP contribution in [0.4, 0.5) is 4.39 Å². The Bertz CT molecular complexity index is 485. The maximum Gasteiger partial charge on any atom is 0.159 e. The Morgan fingerprint density at radius 2 is 1.87 bits per heavy atom. The van der Waals surface area contributed by atoms with Crippen LogP contribution in [-0.2, 0) is 0 Å². The number of aldehydes is 1. The molecule has 0 amide bonds. The van der Waals surface area contributed by atoms with E-state index in [0.29, 0.717) is 11.8 Å². The van der Waals surface area contributed by atoms with Crippen LogP contribution in [0.5, 0.6) is 0 Å². The molecule has 0 bridgehead atoms. The Kier molecular flexibility index (Phi) is 2.49. The maximum absolute atomic E-state index is 13.6. The van der Waals surface area contributed by atoms with Crippen molar-refractivity contribution in [1.82, 2.24) is 9.97 Å². The van der Waals surface area contributed by atoms with Gasteiger partial charge >= 0.3 is 0 Å². The first-order chi connectivity index (χ1) is 7.33. The Morgan fingerprint density at radius 3 is 2.53 bits per heavy atom. The van der Waals surface area contributed by atoms with Crippen molar-refractivity contribution in [3.63, 3.8) is 0 Å². The third-order valence-electron chi connectivity index (χ3n) is 2.00. The summed E-state index contributed by atoms with van der Waals surface area (Å²) in [6.45, 7) is 0. The smallest absolute Gasteiger partial charge is 0.159 e. The fourth-order valence-corrected chi connectivity index (χ4v) is 1.26. The number of rotatable bonds is 2. The number of hydrogen-bond donors (Lipinski definition) is 0. The average Bonchev–Trinajstić information content (AvgIpc) is 2.30. The number of carbonyl (C=O) groups excluding carboxylic acids is 1. The second-order valence-corrected chi connectivity index (χ2v) is 2.92. The van der Waals surface area contributed by atoms with Crippen molar-refractivity contribution in [2.75, 3.05) is 0 Å². The Labute approximate surface area is 85.6 Å². The zero-order valence-electron chi connectivity index (χ0n) is 7.72. The number of aromatic nitrogens is 2. The number of halogens is 1. The molecule has 4 heteroatoms. The molecule has 2 rings (SSSR count). The van der Waals surface area contributed by atoms with E-state index >= 15 is 0 Å². The van der Waals surface area contributed by atoms with Gasteiger partial charge in [-0.15, -0.1) is 0 Å². The van der Waals surface area contributed by atoms with Gasteiger partial charge in [-0.1, -0.05) is 0 Å². The SMILES string of the molecule is O=Cc1ccnc(-c2ccncc2)c1F. The van der Waals surface area contributed by atoms with Crippen molar-refractivity contribution in [2.24, 2.45) is 0 Å². The molecule has 0 saturated heterocycles. The van der Waals surface area contributed by atoms with Crippen LogP contribution < -0.4 is 0 Å². The summed E-state index contributed by atoms with van der Waals surface area (Å²) in [4.78, 5) is 18.2. The molecule has 0 aliphatic carbocycles. The van der Waals surface area contributed by atoms with Crippen molar-refractivity contribution in [1.29, 1.82) is 0 Å². The van der Waals surface area contributed by atoms with Crippen LogP contribution in [-0.4, -0.2) is 16.3 Å². The lowest BCUT2D eigenvalue weighted by atomic mass is 10.1. The summed E-state index contributed by atoms with van der Waals surface area (Å²) >= 11 is 0. The Balaban J connectivity index is 2.59. The van der Waals surface area contributed by atoms with Gasteiger partial charge in [0.1, 0.15) is 5.69 Å². The van der Waals surface area contributed by atoms with Crippen LogP contribution in [0.15, 0.2) is 36.8 Å². The van der Waals surface area contributed by atoms with Crippen molar-refractivity contribution in [3.05, 3.63) is 48.2 Å². The van der Waals surface area contributed by atoms with Crippen LogP contribution in [0.3, 0.4) is 0 Å². The van der Waals surface area contributed by atoms with E-state index in [0.717, 1.165) is 0 Å². The number of carbonyl (C=O) groups is 1. The van der Waals surface area contributed by atoms with Crippen LogP contribution >= 0.6 is 0 Å². The van der Waals surface area contributed by atoms with Crippen molar-refractivity contribution in [2.45, 2.75) is 0 Å². The average molecular weight is 202 g/mol. The minimum absolute atomic E-state index is 0.0109. The third kappa shape index (κ3) is 1.74. The van der Waals surface area contributed by atoms with Gasteiger partial charge in [0.25, 0.3) is 0 Å². The van der Waals surface area contributed by atoms with Crippen LogP contribution in [0.1, 0.15) is 10.4 Å². The molecule has 2 heterocycles. The molecule has 3 nitrogen and oxygen atoms in total. The molecule has 0 saturated carbocycles. The minimum atomic E-state index is -0.598. The van der Waals surface area contributed by atoms with E-state index in [1.54, 1.807) is 24.5 Å². The molecule has 0 unspecified atom stereocenters. The van der Waals surface area contributed by atoms with Gasteiger partial charge in [0, 0.05) is 24.2 Å². The summed E-state index contributed by atoms with van der Waals surface area (Å²) < 4.78 is 13.6. The molecular weight excluding hydrogens is 195 g/mol. The van der Waals surface area contributed by atoms with E-state index in [2.05, 4.69) is 9.97 Å². The Morgan fingerprint density at radius 1 is 1.13 bits per heavy atom. The molecule has 0 spiro atoms. The lowest BCUT2D eigenvalue weighted by Crippen LogP contribution is -1.94. The van der Waals surface area contributed by atoms with Gasteiger partial charge < -0.3 is 0 Å². The fraction of sp³-hybridized carbons (Fsp3) is 0. The molecule has 0 aliphatic rings. The highest BCUT2D eigenvalue weighted by molar-refractivity contribution is 5.78.